The van der Waals surface area contributed by atoms with E-state index in [4.69, 9.17) is 4.74 Å². The van der Waals surface area contributed by atoms with Gasteiger partial charge in [-0.05, 0) is 55.0 Å². The summed E-state index contributed by atoms with van der Waals surface area (Å²) in [4.78, 5) is 11.7. The predicted molar refractivity (Wildman–Crippen MR) is 87.9 cm³/mol. The van der Waals surface area contributed by atoms with Crippen LogP contribution in [0.15, 0.2) is 47.4 Å². The van der Waals surface area contributed by atoms with E-state index in [0.29, 0.717) is 11.4 Å². The molecular formula is C16H17FN2O4S. The highest BCUT2D eigenvalue weighted by Gasteiger charge is 2.16. The summed E-state index contributed by atoms with van der Waals surface area (Å²) in [5, 5.41) is 2.56. The fraction of sp³-hybridized carbons (Fsp3) is 0.188. The van der Waals surface area contributed by atoms with E-state index >= 15 is 0 Å². The third-order valence-electron chi connectivity index (χ3n) is 3.24. The van der Waals surface area contributed by atoms with Gasteiger partial charge in [-0.2, -0.15) is 0 Å². The molecule has 0 unspecified atom stereocenters. The number of carbonyl (C=O) groups is 1. The number of ether oxygens (including phenoxy) is 1. The minimum Gasteiger partial charge on any atom is -0.497 e. The third-order valence-corrected chi connectivity index (χ3v) is 4.64. The summed E-state index contributed by atoms with van der Waals surface area (Å²) in [6.07, 6.45) is 0. The molecule has 0 radical (unpaired) electrons. The second-order valence-electron chi connectivity index (χ2n) is 5.01. The second-order valence-corrected chi connectivity index (χ2v) is 6.78. The number of sulfonamides is 1. The third kappa shape index (κ3) is 4.53. The molecule has 2 aromatic rings. The van der Waals surface area contributed by atoms with E-state index in [1.165, 1.54) is 20.1 Å². The van der Waals surface area contributed by atoms with Crippen LogP contribution in [0.25, 0.3) is 0 Å². The van der Waals surface area contributed by atoms with Crippen LogP contribution in [0, 0.1) is 12.7 Å². The van der Waals surface area contributed by atoms with Crippen molar-refractivity contribution in [3.8, 4) is 5.75 Å². The van der Waals surface area contributed by atoms with Gasteiger partial charge < -0.3 is 10.1 Å². The highest BCUT2D eigenvalue weighted by atomic mass is 32.2. The predicted octanol–water partition coefficient (Wildman–Crippen LogP) is 2.06. The van der Waals surface area contributed by atoms with Gasteiger partial charge in [-0.15, -0.1) is 0 Å². The van der Waals surface area contributed by atoms with Gasteiger partial charge in [-0.1, -0.05) is 0 Å². The largest absolute Gasteiger partial charge is 0.497 e. The van der Waals surface area contributed by atoms with Crippen molar-refractivity contribution in [2.24, 2.45) is 0 Å². The lowest BCUT2D eigenvalue weighted by molar-refractivity contribution is -0.115. The van der Waals surface area contributed by atoms with Crippen LogP contribution < -0.4 is 14.8 Å². The Kier molecular flexibility index (Phi) is 5.53. The summed E-state index contributed by atoms with van der Waals surface area (Å²) < 4.78 is 44.6. The van der Waals surface area contributed by atoms with E-state index in [-0.39, 0.29) is 10.5 Å². The van der Waals surface area contributed by atoms with Crippen molar-refractivity contribution >= 4 is 21.6 Å². The maximum atomic E-state index is 13.2. The molecule has 24 heavy (non-hydrogen) atoms. The van der Waals surface area contributed by atoms with Crippen LogP contribution in [0.2, 0.25) is 0 Å². The normalized spacial score (nSPS) is 11.1. The van der Waals surface area contributed by atoms with E-state index in [1.54, 1.807) is 24.3 Å². The average Bonchev–Trinajstić information content (AvgIpc) is 2.56. The molecule has 0 saturated carbocycles. The van der Waals surface area contributed by atoms with Crippen LogP contribution in [0.1, 0.15) is 5.56 Å². The molecule has 1 amide bonds. The lowest BCUT2D eigenvalue weighted by atomic mass is 10.2. The zero-order valence-corrected chi connectivity index (χ0v) is 14.0. The minimum atomic E-state index is -3.90. The van der Waals surface area contributed by atoms with Gasteiger partial charge in [-0.25, -0.2) is 17.5 Å². The van der Waals surface area contributed by atoms with Crippen LogP contribution in [-0.2, 0) is 14.8 Å². The molecule has 0 bridgehead atoms. The number of hydrogen-bond donors (Lipinski definition) is 2. The van der Waals surface area contributed by atoms with Crippen LogP contribution >= 0.6 is 0 Å². The molecular weight excluding hydrogens is 335 g/mol. The van der Waals surface area contributed by atoms with Crippen molar-refractivity contribution in [1.82, 2.24) is 4.72 Å². The van der Waals surface area contributed by atoms with Crippen molar-refractivity contribution in [2.75, 3.05) is 19.0 Å². The maximum absolute atomic E-state index is 13.2. The van der Waals surface area contributed by atoms with Crippen molar-refractivity contribution in [3.05, 3.63) is 53.8 Å². The van der Waals surface area contributed by atoms with Gasteiger partial charge in [0, 0.05) is 5.69 Å². The number of carbonyl (C=O) groups excluding carboxylic acids is 1. The van der Waals surface area contributed by atoms with Crippen molar-refractivity contribution in [2.45, 2.75) is 11.8 Å². The average molecular weight is 352 g/mol. The lowest BCUT2D eigenvalue weighted by Crippen LogP contribution is -2.33. The Labute approximate surface area is 139 Å². The van der Waals surface area contributed by atoms with Crippen molar-refractivity contribution < 1.29 is 22.3 Å². The quantitative estimate of drug-likeness (QED) is 0.833. The molecule has 2 N–H and O–H groups in total. The minimum absolute atomic E-state index is 0.0985. The molecule has 2 aromatic carbocycles. The number of anilines is 1. The molecule has 0 aliphatic rings. The molecule has 128 valence electrons. The molecule has 0 heterocycles. The zero-order valence-electron chi connectivity index (χ0n) is 13.2. The number of methoxy groups -OCH3 is 1. The maximum Gasteiger partial charge on any atom is 0.241 e. The highest BCUT2D eigenvalue weighted by molar-refractivity contribution is 7.89. The van der Waals surface area contributed by atoms with Crippen LogP contribution in [0.4, 0.5) is 10.1 Å². The summed E-state index contributed by atoms with van der Waals surface area (Å²) in [7, 11) is -2.37. The molecule has 0 aliphatic carbocycles. The molecule has 2 rings (SSSR count). The summed E-state index contributed by atoms with van der Waals surface area (Å²) in [5.74, 6) is -0.380. The number of aryl methyl sites for hydroxylation is 1. The molecule has 0 fully saturated rings. The Bertz CT molecular complexity index is 836. The Hall–Kier alpha value is -2.45. The summed E-state index contributed by atoms with van der Waals surface area (Å²) in [6, 6.07) is 10.0. The van der Waals surface area contributed by atoms with Gasteiger partial charge >= 0.3 is 0 Å². The first kappa shape index (κ1) is 17.9. The first-order valence-electron chi connectivity index (χ1n) is 7.01. The zero-order chi connectivity index (χ0) is 17.7. The number of nitrogens with one attached hydrogen (secondary N) is 2. The summed E-state index contributed by atoms with van der Waals surface area (Å²) in [6.45, 7) is 1.02. The summed E-state index contributed by atoms with van der Waals surface area (Å²) >= 11 is 0. The van der Waals surface area contributed by atoms with Crippen molar-refractivity contribution in [1.29, 1.82) is 0 Å². The molecule has 0 saturated heterocycles. The van der Waals surface area contributed by atoms with Gasteiger partial charge in [0.25, 0.3) is 0 Å². The molecule has 8 heteroatoms. The number of halogens is 1. The van der Waals surface area contributed by atoms with Crippen molar-refractivity contribution in [3.63, 3.8) is 0 Å². The van der Waals surface area contributed by atoms with E-state index < -0.39 is 28.3 Å². The molecule has 0 aromatic heterocycles. The Morgan fingerprint density at radius 3 is 2.42 bits per heavy atom. The van der Waals surface area contributed by atoms with Gasteiger partial charge in [0.05, 0.1) is 18.6 Å². The number of benzene rings is 2. The SMILES string of the molecule is COc1ccc(NC(=O)CNS(=O)(=O)c2ccc(F)c(C)c2)cc1. The Morgan fingerprint density at radius 1 is 1.17 bits per heavy atom. The van der Waals surface area contributed by atoms with E-state index in [9.17, 15) is 17.6 Å². The fourth-order valence-corrected chi connectivity index (χ4v) is 2.97. The highest BCUT2D eigenvalue weighted by Crippen LogP contribution is 2.15. The molecule has 0 spiro atoms. The van der Waals surface area contributed by atoms with Crippen LogP contribution in [-0.4, -0.2) is 28.0 Å². The molecule has 0 atom stereocenters. The van der Waals surface area contributed by atoms with Gasteiger partial charge in [-0.3, -0.25) is 4.79 Å². The lowest BCUT2D eigenvalue weighted by Gasteiger charge is -2.09. The monoisotopic (exact) mass is 352 g/mol. The molecule has 6 nitrogen and oxygen atoms in total. The fourth-order valence-electron chi connectivity index (χ4n) is 1.91. The topological polar surface area (TPSA) is 84.5 Å². The first-order chi connectivity index (χ1) is 11.3. The smallest absolute Gasteiger partial charge is 0.241 e. The Balaban J connectivity index is 1.97. The van der Waals surface area contributed by atoms with Gasteiger partial charge in [0.2, 0.25) is 15.9 Å². The Morgan fingerprint density at radius 2 is 1.83 bits per heavy atom. The van der Waals surface area contributed by atoms with Crippen LogP contribution in [0.3, 0.4) is 0 Å². The molecule has 0 aliphatic heterocycles. The van der Waals surface area contributed by atoms with E-state index in [1.807, 2.05) is 0 Å². The first-order valence-corrected chi connectivity index (χ1v) is 8.50. The van der Waals surface area contributed by atoms with E-state index in [0.717, 1.165) is 12.1 Å². The summed E-state index contributed by atoms with van der Waals surface area (Å²) in [5.41, 5.74) is 0.721. The van der Waals surface area contributed by atoms with Crippen LogP contribution in [0.5, 0.6) is 5.75 Å². The second kappa shape index (κ2) is 7.41. The van der Waals surface area contributed by atoms with E-state index in [2.05, 4.69) is 10.0 Å². The number of hydrogen-bond acceptors (Lipinski definition) is 4. The number of amides is 1. The standard InChI is InChI=1S/C16H17FN2O4S/c1-11-9-14(7-8-15(11)17)24(21,22)18-10-16(20)19-12-3-5-13(23-2)6-4-12/h3-9,18H,10H2,1-2H3,(H,19,20). The number of rotatable bonds is 6. The van der Waals surface area contributed by atoms with Gasteiger partial charge in [0.15, 0.2) is 0 Å². The van der Waals surface area contributed by atoms with Gasteiger partial charge in [0.1, 0.15) is 11.6 Å².